The molecule has 4 nitrogen and oxygen atoms in total. The number of nitrogens with zero attached hydrogens (tertiary/aromatic N) is 1. The maximum Gasteiger partial charge on any atom is 0.224 e. The largest absolute Gasteiger partial charge is 0.369 e. The highest BCUT2D eigenvalue weighted by molar-refractivity contribution is 5.82. The van der Waals surface area contributed by atoms with Gasteiger partial charge in [-0.3, -0.25) is 9.59 Å². The van der Waals surface area contributed by atoms with Crippen LogP contribution in [-0.4, -0.2) is 29.8 Å². The molecule has 2 aromatic carbocycles. The molecular formula is C27H34N2O2. The van der Waals surface area contributed by atoms with Crippen LogP contribution in [0.1, 0.15) is 56.9 Å². The molecule has 1 saturated carbocycles. The number of hydrogen-bond acceptors (Lipinski definition) is 2. The summed E-state index contributed by atoms with van der Waals surface area (Å²) < 4.78 is 0. The highest BCUT2D eigenvalue weighted by atomic mass is 16.2. The van der Waals surface area contributed by atoms with Gasteiger partial charge in [0.2, 0.25) is 11.8 Å². The molecule has 0 radical (unpaired) electrons. The first kappa shape index (κ1) is 21.6. The van der Waals surface area contributed by atoms with E-state index in [4.69, 9.17) is 5.73 Å². The van der Waals surface area contributed by atoms with Gasteiger partial charge in [-0.15, -0.1) is 0 Å². The number of hydrogen-bond donors (Lipinski definition) is 1. The van der Waals surface area contributed by atoms with Gasteiger partial charge in [0.25, 0.3) is 0 Å². The van der Waals surface area contributed by atoms with Crippen LogP contribution in [0.25, 0.3) is 11.1 Å². The lowest BCUT2D eigenvalue weighted by Gasteiger charge is -2.40. The van der Waals surface area contributed by atoms with E-state index in [-0.39, 0.29) is 11.8 Å². The van der Waals surface area contributed by atoms with Gasteiger partial charge < -0.3 is 10.6 Å². The predicted molar refractivity (Wildman–Crippen MR) is 124 cm³/mol. The van der Waals surface area contributed by atoms with E-state index in [2.05, 4.69) is 30.3 Å². The summed E-state index contributed by atoms with van der Waals surface area (Å²) >= 11 is 0. The summed E-state index contributed by atoms with van der Waals surface area (Å²) in [5.41, 5.74) is 8.79. The first-order chi connectivity index (χ1) is 15.1. The molecule has 31 heavy (non-hydrogen) atoms. The van der Waals surface area contributed by atoms with Crippen molar-refractivity contribution in [1.82, 2.24) is 4.90 Å². The van der Waals surface area contributed by atoms with Gasteiger partial charge in [0.15, 0.2) is 0 Å². The van der Waals surface area contributed by atoms with Crippen molar-refractivity contribution in [1.29, 1.82) is 0 Å². The average molecular weight is 419 g/mol. The van der Waals surface area contributed by atoms with Crippen molar-refractivity contribution in [2.75, 3.05) is 13.1 Å². The standard InChI is InChI=1S/C27H34N2O2/c28-26(31)27(20-22-9-6-12-24(19-22)23-10-2-1-3-11-23)15-17-29(18-16-27)25(30)14-13-21-7-4-5-8-21/h1-3,6,9-12,19,21H,4-5,7-8,13-18,20H2,(H2,28,31). The van der Waals surface area contributed by atoms with Crippen molar-refractivity contribution in [3.63, 3.8) is 0 Å². The second kappa shape index (κ2) is 9.67. The van der Waals surface area contributed by atoms with Crippen LogP contribution in [0.4, 0.5) is 0 Å². The number of carbonyl (C=O) groups excluding carboxylic acids is 2. The van der Waals surface area contributed by atoms with Crippen LogP contribution >= 0.6 is 0 Å². The van der Waals surface area contributed by atoms with E-state index in [0.29, 0.717) is 38.8 Å². The third-order valence-corrected chi connectivity index (χ3v) is 7.41. The van der Waals surface area contributed by atoms with Gasteiger partial charge >= 0.3 is 0 Å². The minimum Gasteiger partial charge on any atom is -0.369 e. The average Bonchev–Trinajstić information content (AvgIpc) is 3.32. The molecule has 1 aliphatic carbocycles. The van der Waals surface area contributed by atoms with Crippen LogP contribution in [0, 0.1) is 11.3 Å². The normalized spacial score (nSPS) is 18.8. The zero-order valence-corrected chi connectivity index (χ0v) is 18.4. The van der Waals surface area contributed by atoms with Crippen LogP contribution in [0.5, 0.6) is 0 Å². The molecule has 1 heterocycles. The fraction of sp³-hybridized carbons (Fsp3) is 0.481. The fourth-order valence-electron chi connectivity index (χ4n) is 5.36. The molecule has 4 heteroatoms. The number of piperidine rings is 1. The first-order valence-corrected chi connectivity index (χ1v) is 11.8. The minimum absolute atomic E-state index is 0.240. The van der Waals surface area contributed by atoms with Gasteiger partial charge in [0.05, 0.1) is 5.41 Å². The molecule has 2 fully saturated rings. The van der Waals surface area contributed by atoms with Gasteiger partial charge in [0, 0.05) is 19.5 Å². The molecule has 0 aromatic heterocycles. The Morgan fingerprint density at radius 1 is 0.935 bits per heavy atom. The Morgan fingerprint density at radius 3 is 2.29 bits per heavy atom. The monoisotopic (exact) mass is 418 g/mol. The fourth-order valence-corrected chi connectivity index (χ4v) is 5.36. The lowest BCUT2D eigenvalue weighted by Crippen LogP contribution is -2.49. The summed E-state index contributed by atoms with van der Waals surface area (Å²) in [6.45, 7) is 1.26. The van der Waals surface area contributed by atoms with Gasteiger partial charge in [0.1, 0.15) is 0 Å². The lowest BCUT2D eigenvalue weighted by atomic mass is 9.73. The first-order valence-electron chi connectivity index (χ1n) is 11.8. The van der Waals surface area contributed by atoms with Crippen molar-refractivity contribution >= 4 is 11.8 Å². The molecule has 0 atom stereocenters. The number of rotatable bonds is 7. The molecule has 1 aliphatic heterocycles. The number of nitrogens with two attached hydrogens (primary N) is 1. The van der Waals surface area contributed by atoms with Gasteiger partial charge in [-0.05, 0) is 48.3 Å². The van der Waals surface area contributed by atoms with Crippen LogP contribution in [0.15, 0.2) is 54.6 Å². The second-order valence-electron chi connectivity index (χ2n) is 9.46. The van der Waals surface area contributed by atoms with Crippen LogP contribution in [0.3, 0.4) is 0 Å². The third kappa shape index (κ3) is 5.17. The van der Waals surface area contributed by atoms with Crippen LogP contribution < -0.4 is 5.73 Å². The third-order valence-electron chi connectivity index (χ3n) is 7.41. The summed E-state index contributed by atoms with van der Waals surface area (Å²) in [7, 11) is 0. The van der Waals surface area contributed by atoms with Crippen LogP contribution in [-0.2, 0) is 16.0 Å². The smallest absolute Gasteiger partial charge is 0.224 e. The van der Waals surface area contributed by atoms with E-state index in [1.165, 1.54) is 31.2 Å². The summed E-state index contributed by atoms with van der Waals surface area (Å²) in [6, 6.07) is 18.7. The molecule has 2 amide bonds. The number of likely N-dealkylation sites (tertiary alicyclic amines) is 1. The van der Waals surface area contributed by atoms with E-state index in [0.717, 1.165) is 23.5 Å². The zero-order chi connectivity index (χ0) is 21.7. The number of benzene rings is 2. The Hall–Kier alpha value is -2.62. The maximum absolute atomic E-state index is 12.7. The minimum atomic E-state index is -0.572. The zero-order valence-electron chi connectivity index (χ0n) is 18.4. The Morgan fingerprint density at radius 2 is 1.61 bits per heavy atom. The predicted octanol–water partition coefficient (Wildman–Crippen LogP) is 4.96. The number of primary amides is 1. The van der Waals surface area contributed by atoms with Gasteiger partial charge in [-0.25, -0.2) is 0 Å². The second-order valence-corrected chi connectivity index (χ2v) is 9.46. The van der Waals surface area contributed by atoms with E-state index >= 15 is 0 Å². The van der Waals surface area contributed by atoms with Crippen molar-refractivity contribution < 1.29 is 9.59 Å². The Kier molecular flexibility index (Phi) is 6.74. The topological polar surface area (TPSA) is 63.4 Å². The molecule has 2 N–H and O–H groups in total. The molecule has 0 unspecified atom stereocenters. The molecule has 2 aromatic rings. The molecule has 4 rings (SSSR count). The van der Waals surface area contributed by atoms with Crippen molar-refractivity contribution in [2.45, 2.75) is 57.8 Å². The Balaban J connectivity index is 1.39. The molecule has 2 aliphatic rings. The summed E-state index contributed by atoms with van der Waals surface area (Å²) in [5, 5.41) is 0. The Bertz CT molecular complexity index is 894. The Labute approximate surface area is 185 Å². The lowest BCUT2D eigenvalue weighted by molar-refractivity contribution is -0.139. The molecule has 164 valence electrons. The quantitative estimate of drug-likeness (QED) is 0.691. The number of amides is 2. The molecule has 0 bridgehead atoms. The van der Waals surface area contributed by atoms with Crippen LogP contribution in [0.2, 0.25) is 0 Å². The highest BCUT2D eigenvalue weighted by Crippen LogP contribution is 2.36. The highest BCUT2D eigenvalue weighted by Gasteiger charge is 2.41. The molecular weight excluding hydrogens is 384 g/mol. The molecule has 0 spiro atoms. The van der Waals surface area contributed by atoms with E-state index < -0.39 is 5.41 Å². The summed E-state index contributed by atoms with van der Waals surface area (Å²) in [4.78, 5) is 27.2. The van der Waals surface area contributed by atoms with Gasteiger partial charge in [-0.1, -0.05) is 80.3 Å². The van der Waals surface area contributed by atoms with Crippen molar-refractivity contribution in [3.05, 3.63) is 60.2 Å². The van der Waals surface area contributed by atoms with Crippen molar-refractivity contribution in [3.8, 4) is 11.1 Å². The van der Waals surface area contributed by atoms with E-state index in [1.807, 2.05) is 29.2 Å². The summed E-state index contributed by atoms with van der Waals surface area (Å²) in [5.74, 6) is 0.738. The van der Waals surface area contributed by atoms with E-state index in [9.17, 15) is 9.59 Å². The SMILES string of the molecule is NC(=O)C1(Cc2cccc(-c3ccccc3)c2)CCN(C(=O)CCC2CCCC2)CC1. The summed E-state index contributed by atoms with van der Waals surface area (Å²) in [6.07, 6.45) is 8.77. The number of carbonyl (C=O) groups is 2. The van der Waals surface area contributed by atoms with Gasteiger partial charge in [-0.2, -0.15) is 0 Å². The van der Waals surface area contributed by atoms with E-state index in [1.54, 1.807) is 0 Å². The van der Waals surface area contributed by atoms with Crippen molar-refractivity contribution in [2.24, 2.45) is 17.1 Å². The maximum atomic E-state index is 12.7. The molecule has 1 saturated heterocycles.